The number of carbonyl (C=O) groups is 1. The van der Waals surface area contributed by atoms with Crippen LogP contribution in [0.1, 0.15) is 37.2 Å². The van der Waals surface area contributed by atoms with Crippen molar-refractivity contribution in [2.75, 3.05) is 0 Å². The lowest BCUT2D eigenvalue weighted by Gasteiger charge is -2.04. The summed E-state index contributed by atoms with van der Waals surface area (Å²) in [6.45, 7) is 5.38. The molecule has 0 aromatic carbocycles. The number of rotatable bonds is 5. The molecule has 0 saturated heterocycles. The van der Waals surface area contributed by atoms with E-state index in [2.05, 4.69) is 18.8 Å². The van der Waals surface area contributed by atoms with Gasteiger partial charge >= 0.3 is 0 Å². The highest BCUT2D eigenvalue weighted by Crippen LogP contribution is 2.05. The second-order valence-electron chi connectivity index (χ2n) is 3.69. The molecule has 0 radical (unpaired) electrons. The summed E-state index contributed by atoms with van der Waals surface area (Å²) in [7, 11) is 0. The minimum atomic E-state index is 0.518. The molecular formula is C10H16N2O. The van der Waals surface area contributed by atoms with Crippen molar-refractivity contribution in [3.05, 3.63) is 18.2 Å². The van der Waals surface area contributed by atoms with Gasteiger partial charge in [-0.25, -0.2) is 4.98 Å². The summed E-state index contributed by atoms with van der Waals surface area (Å²) in [6.07, 6.45) is 6.64. The highest BCUT2D eigenvalue weighted by Gasteiger charge is 1.97. The maximum absolute atomic E-state index is 10.3. The Bertz CT molecular complexity index is 266. The van der Waals surface area contributed by atoms with Crippen molar-refractivity contribution in [1.29, 1.82) is 0 Å². The molecule has 0 amide bonds. The van der Waals surface area contributed by atoms with Crippen LogP contribution in [0.4, 0.5) is 0 Å². The molecule has 1 heterocycles. The number of aromatic nitrogens is 2. The molecule has 0 N–H and O–H groups in total. The van der Waals surface area contributed by atoms with Crippen LogP contribution in [-0.4, -0.2) is 15.8 Å². The average molecular weight is 180 g/mol. The number of carbonyl (C=O) groups excluding carboxylic acids is 1. The van der Waals surface area contributed by atoms with Gasteiger partial charge in [0.1, 0.15) is 5.69 Å². The van der Waals surface area contributed by atoms with Gasteiger partial charge in [-0.1, -0.05) is 13.8 Å². The van der Waals surface area contributed by atoms with Gasteiger partial charge in [-0.05, 0) is 18.8 Å². The SMILES string of the molecule is CC(C)CCCn1cnc(C=O)c1. The molecular weight excluding hydrogens is 164 g/mol. The lowest BCUT2D eigenvalue weighted by molar-refractivity contribution is 0.111. The molecule has 1 aromatic heterocycles. The fourth-order valence-electron chi connectivity index (χ4n) is 1.24. The quantitative estimate of drug-likeness (QED) is 0.650. The molecule has 0 aliphatic heterocycles. The Morgan fingerprint density at radius 3 is 2.92 bits per heavy atom. The topological polar surface area (TPSA) is 34.9 Å². The summed E-state index contributed by atoms with van der Waals surface area (Å²) in [6, 6.07) is 0. The predicted molar refractivity (Wildman–Crippen MR) is 51.7 cm³/mol. The summed E-state index contributed by atoms with van der Waals surface area (Å²) < 4.78 is 1.96. The summed E-state index contributed by atoms with van der Waals surface area (Å²) in [5, 5.41) is 0. The Hall–Kier alpha value is -1.12. The van der Waals surface area contributed by atoms with Crippen LogP contribution in [0.15, 0.2) is 12.5 Å². The number of aryl methyl sites for hydroxylation is 1. The van der Waals surface area contributed by atoms with Gasteiger partial charge in [-0.3, -0.25) is 4.79 Å². The van der Waals surface area contributed by atoms with Crippen LogP contribution in [0.5, 0.6) is 0 Å². The Balaban J connectivity index is 2.32. The van der Waals surface area contributed by atoms with Crippen molar-refractivity contribution in [2.45, 2.75) is 33.2 Å². The van der Waals surface area contributed by atoms with Crippen molar-refractivity contribution in [1.82, 2.24) is 9.55 Å². The van der Waals surface area contributed by atoms with Gasteiger partial charge in [0.05, 0.1) is 6.33 Å². The summed E-state index contributed by atoms with van der Waals surface area (Å²) >= 11 is 0. The van der Waals surface area contributed by atoms with Gasteiger partial charge < -0.3 is 4.57 Å². The third kappa shape index (κ3) is 3.40. The lowest BCUT2D eigenvalue weighted by Crippen LogP contribution is -1.96. The normalized spacial score (nSPS) is 10.7. The first-order valence-electron chi connectivity index (χ1n) is 4.69. The number of imidazole rings is 1. The van der Waals surface area contributed by atoms with Crippen LogP contribution in [0.25, 0.3) is 0 Å². The lowest BCUT2D eigenvalue weighted by atomic mass is 10.1. The first-order valence-corrected chi connectivity index (χ1v) is 4.69. The van der Waals surface area contributed by atoms with Gasteiger partial charge in [-0.15, -0.1) is 0 Å². The zero-order valence-electron chi connectivity index (χ0n) is 8.23. The van der Waals surface area contributed by atoms with E-state index in [0.29, 0.717) is 5.69 Å². The van der Waals surface area contributed by atoms with Gasteiger partial charge in [0, 0.05) is 12.7 Å². The van der Waals surface area contributed by atoms with Crippen LogP contribution in [0.2, 0.25) is 0 Å². The maximum Gasteiger partial charge on any atom is 0.169 e. The van der Waals surface area contributed by atoms with Crippen LogP contribution in [-0.2, 0) is 6.54 Å². The van der Waals surface area contributed by atoms with Gasteiger partial charge in [0.2, 0.25) is 0 Å². The molecule has 3 nitrogen and oxygen atoms in total. The van der Waals surface area contributed by atoms with Crippen molar-refractivity contribution < 1.29 is 4.79 Å². The smallest absolute Gasteiger partial charge is 0.169 e. The second kappa shape index (κ2) is 4.80. The van der Waals surface area contributed by atoms with Gasteiger partial charge in [0.25, 0.3) is 0 Å². The van der Waals surface area contributed by atoms with E-state index in [1.54, 1.807) is 12.5 Å². The monoisotopic (exact) mass is 180 g/mol. The predicted octanol–water partition coefficient (Wildman–Crippen LogP) is 2.13. The van der Waals surface area contributed by atoms with Crippen molar-refractivity contribution in [3.63, 3.8) is 0 Å². The number of hydrogen-bond donors (Lipinski definition) is 0. The molecule has 1 aromatic rings. The molecule has 0 aliphatic carbocycles. The van der Waals surface area contributed by atoms with E-state index >= 15 is 0 Å². The van der Waals surface area contributed by atoms with E-state index in [-0.39, 0.29) is 0 Å². The van der Waals surface area contributed by atoms with E-state index in [1.165, 1.54) is 6.42 Å². The molecule has 13 heavy (non-hydrogen) atoms. The van der Waals surface area contributed by atoms with Crippen molar-refractivity contribution in [3.8, 4) is 0 Å². The summed E-state index contributed by atoms with van der Waals surface area (Å²) in [4.78, 5) is 14.3. The standard InChI is InChI=1S/C10H16N2O/c1-9(2)4-3-5-12-6-10(7-13)11-8-12/h6-9H,3-5H2,1-2H3. The van der Waals surface area contributed by atoms with Crippen LogP contribution >= 0.6 is 0 Å². The van der Waals surface area contributed by atoms with Gasteiger partial charge in [-0.2, -0.15) is 0 Å². The number of hydrogen-bond acceptors (Lipinski definition) is 2. The minimum absolute atomic E-state index is 0.518. The van der Waals surface area contributed by atoms with Crippen molar-refractivity contribution >= 4 is 6.29 Å². The van der Waals surface area contributed by atoms with Crippen LogP contribution < -0.4 is 0 Å². The number of nitrogens with zero attached hydrogens (tertiary/aromatic N) is 2. The fourth-order valence-corrected chi connectivity index (χ4v) is 1.24. The Labute approximate surface area is 78.8 Å². The second-order valence-corrected chi connectivity index (χ2v) is 3.69. The molecule has 0 unspecified atom stereocenters. The first kappa shape index (κ1) is 9.96. The van der Waals surface area contributed by atoms with Crippen molar-refractivity contribution in [2.24, 2.45) is 5.92 Å². The Morgan fingerprint density at radius 1 is 1.62 bits per heavy atom. The van der Waals surface area contributed by atoms with E-state index in [1.807, 2.05) is 4.57 Å². The third-order valence-electron chi connectivity index (χ3n) is 1.97. The first-order chi connectivity index (χ1) is 6.22. The third-order valence-corrected chi connectivity index (χ3v) is 1.97. The van der Waals surface area contributed by atoms with E-state index in [0.717, 1.165) is 25.2 Å². The van der Waals surface area contributed by atoms with E-state index in [4.69, 9.17) is 0 Å². The fraction of sp³-hybridized carbons (Fsp3) is 0.600. The highest BCUT2D eigenvalue weighted by atomic mass is 16.1. The molecule has 0 bridgehead atoms. The highest BCUT2D eigenvalue weighted by molar-refractivity contribution is 5.70. The summed E-state index contributed by atoms with van der Waals surface area (Å²) in [5.74, 6) is 0.745. The zero-order valence-corrected chi connectivity index (χ0v) is 8.23. The average Bonchev–Trinajstić information content (AvgIpc) is 2.52. The Kier molecular flexibility index (Phi) is 3.68. The number of aldehydes is 1. The minimum Gasteiger partial charge on any atom is -0.337 e. The zero-order chi connectivity index (χ0) is 9.68. The molecule has 72 valence electrons. The van der Waals surface area contributed by atoms with E-state index < -0.39 is 0 Å². The molecule has 0 saturated carbocycles. The van der Waals surface area contributed by atoms with E-state index in [9.17, 15) is 4.79 Å². The molecule has 0 spiro atoms. The molecule has 0 aliphatic rings. The molecule has 3 heteroatoms. The molecule has 0 fully saturated rings. The molecule has 0 atom stereocenters. The van der Waals surface area contributed by atoms with Crippen LogP contribution in [0.3, 0.4) is 0 Å². The Morgan fingerprint density at radius 2 is 2.38 bits per heavy atom. The largest absolute Gasteiger partial charge is 0.337 e. The summed E-state index contributed by atoms with van der Waals surface area (Å²) in [5.41, 5.74) is 0.518. The maximum atomic E-state index is 10.3. The van der Waals surface area contributed by atoms with Gasteiger partial charge in [0.15, 0.2) is 6.29 Å². The molecule has 1 rings (SSSR count). The van der Waals surface area contributed by atoms with Crippen LogP contribution in [0, 0.1) is 5.92 Å².